The van der Waals surface area contributed by atoms with Gasteiger partial charge in [0.2, 0.25) is 0 Å². The van der Waals surface area contributed by atoms with Gasteiger partial charge in [0, 0.05) is 19.6 Å². The van der Waals surface area contributed by atoms with E-state index in [0.717, 1.165) is 13.1 Å². The first-order valence-electron chi connectivity index (χ1n) is 8.11. The van der Waals surface area contributed by atoms with Crippen LogP contribution in [-0.4, -0.2) is 72.4 Å². The maximum atomic E-state index is 2.69. The summed E-state index contributed by atoms with van der Waals surface area (Å²) in [5.41, 5.74) is 0. The Labute approximate surface area is 119 Å². The van der Waals surface area contributed by atoms with Crippen molar-refractivity contribution in [3.05, 3.63) is 0 Å². The normalized spacial score (nSPS) is 30.6. The summed E-state index contributed by atoms with van der Waals surface area (Å²) in [6.07, 6.45) is 6.67. The highest BCUT2D eigenvalue weighted by Gasteiger charge is 2.47. The van der Waals surface area contributed by atoms with E-state index in [-0.39, 0.29) is 5.79 Å². The van der Waals surface area contributed by atoms with Crippen LogP contribution in [0.5, 0.6) is 0 Å². The molecule has 0 aromatic heterocycles. The van der Waals surface area contributed by atoms with Gasteiger partial charge in [-0.25, -0.2) is 10.0 Å². The van der Waals surface area contributed by atoms with E-state index in [4.69, 9.17) is 0 Å². The molecule has 0 aliphatic carbocycles. The molecule has 0 N–H and O–H groups in total. The van der Waals surface area contributed by atoms with Crippen molar-refractivity contribution >= 4 is 0 Å². The van der Waals surface area contributed by atoms with Crippen molar-refractivity contribution in [1.82, 2.24) is 19.8 Å². The molecule has 2 fully saturated rings. The molecule has 4 heteroatoms. The second-order valence-electron chi connectivity index (χ2n) is 6.08. The van der Waals surface area contributed by atoms with Gasteiger partial charge in [0.15, 0.2) is 0 Å². The van der Waals surface area contributed by atoms with Gasteiger partial charge in [-0.3, -0.25) is 9.80 Å². The zero-order valence-corrected chi connectivity index (χ0v) is 13.4. The van der Waals surface area contributed by atoms with Crippen LogP contribution in [0.4, 0.5) is 0 Å². The lowest BCUT2D eigenvalue weighted by atomic mass is 10.0. The van der Waals surface area contributed by atoms with Gasteiger partial charge in [-0.1, -0.05) is 13.8 Å². The lowest BCUT2D eigenvalue weighted by Gasteiger charge is -2.58. The third-order valence-electron chi connectivity index (χ3n) is 4.96. The zero-order valence-electron chi connectivity index (χ0n) is 13.4. The van der Waals surface area contributed by atoms with Gasteiger partial charge in [0.05, 0.1) is 0 Å². The van der Waals surface area contributed by atoms with Crippen LogP contribution in [0.2, 0.25) is 0 Å². The van der Waals surface area contributed by atoms with E-state index in [2.05, 4.69) is 47.8 Å². The Bertz CT molecular complexity index is 271. The summed E-state index contributed by atoms with van der Waals surface area (Å²) in [5, 5.41) is 5.31. The lowest BCUT2D eigenvalue weighted by Crippen LogP contribution is -2.72. The van der Waals surface area contributed by atoms with Crippen LogP contribution in [0.3, 0.4) is 0 Å². The van der Waals surface area contributed by atoms with E-state index < -0.39 is 0 Å². The van der Waals surface area contributed by atoms with Crippen molar-refractivity contribution in [2.75, 3.05) is 46.8 Å². The van der Waals surface area contributed by atoms with Crippen LogP contribution < -0.4 is 0 Å². The molecule has 0 aromatic rings. The number of piperidine rings is 1. The van der Waals surface area contributed by atoms with E-state index in [1.54, 1.807) is 0 Å². The molecular formula is C15H32N4. The fourth-order valence-corrected chi connectivity index (χ4v) is 4.03. The van der Waals surface area contributed by atoms with E-state index in [1.165, 1.54) is 51.7 Å². The van der Waals surface area contributed by atoms with Crippen molar-refractivity contribution in [3.63, 3.8) is 0 Å². The van der Waals surface area contributed by atoms with Crippen molar-refractivity contribution in [2.45, 2.75) is 51.7 Å². The van der Waals surface area contributed by atoms with Crippen molar-refractivity contribution < 1.29 is 0 Å². The average Bonchev–Trinajstić information content (AvgIpc) is 2.94. The molecule has 0 bridgehead atoms. The van der Waals surface area contributed by atoms with E-state index in [9.17, 15) is 0 Å². The molecule has 2 heterocycles. The van der Waals surface area contributed by atoms with E-state index >= 15 is 0 Å². The first-order chi connectivity index (χ1) is 9.16. The Hall–Kier alpha value is -0.160. The van der Waals surface area contributed by atoms with Crippen molar-refractivity contribution in [1.29, 1.82) is 0 Å². The third-order valence-corrected chi connectivity index (χ3v) is 4.96. The van der Waals surface area contributed by atoms with Crippen LogP contribution in [0, 0.1) is 0 Å². The summed E-state index contributed by atoms with van der Waals surface area (Å²) in [5.74, 6) is 0.103. The van der Waals surface area contributed by atoms with Crippen LogP contribution in [0.15, 0.2) is 0 Å². The molecule has 2 saturated heterocycles. The molecule has 1 atom stereocenters. The van der Waals surface area contributed by atoms with Crippen molar-refractivity contribution in [2.24, 2.45) is 0 Å². The van der Waals surface area contributed by atoms with E-state index in [1.807, 2.05) is 0 Å². The first-order valence-corrected chi connectivity index (χ1v) is 8.11. The Balaban J connectivity index is 2.29. The van der Waals surface area contributed by atoms with Crippen LogP contribution in [0.1, 0.15) is 46.0 Å². The maximum Gasteiger partial charge on any atom is 0.143 e. The van der Waals surface area contributed by atoms with Gasteiger partial charge < -0.3 is 0 Å². The molecule has 2 aliphatic heterocycles. The fourth-order valence-electron chi connectivity index (χ4n) is 4.03. The number of hydrazine groups is 1. The van der Waals surface area contributed by atoms with Gasteiger partial charge in [-0.15, -0.1) is 0 Å². The highest BCUT2D eigenvalue weighted by Crippen LogP contribution is 2.35. The monoisotopic (exact) mass is 268 g/mol. The molecule has 112 valence electrons. The summed E-state index contributed by atoms with van der Waals surface area (Å²) in [4.78, 5) is 5.10. The second-order valence-corrected chi connectivity index (χ2v) is 6.08. The molecule has 0 radical (unpaired) electrons. The Kier molecular flexibility index (Phi) is 5.23. The van der Waals surface area contributed by atoms with Crippen LogP contribution in [0.25, 0.3) is 0 Å². The average molecular weight is 268 g/mol. The molecule has 0 aromatic carbocycles. The molecule has 0 saturated carbocycles. The minimum absolute atomic E-state index is 0.103. The van der Waals surface area contributed by atoms with Gasteiger partial charge in [-0.2, -0.15) is 0 Å². The summed E-state index contributed by atoms with van der Waals surface area (Å²) < 4.78 is 0. The molecule has 2 aliphatic rings. The highest BCUT2D eigenvalue weighted by molar-refractivity contribution is 4.91. The number of nitrogens with zero attached hydrogens (tertiary/aromatic N) is 4. The summed E-state index contributed by atoms with van der Waals surface area (Å²) >= 11 is 0. The van der Waals surface area contributed by atoms with Gasteiger partial charge >= 0.3 is 0 Å². The molecule has 1 unspecified atom stereocenters. The smallest absolute Gasteiger partial charge is 0.143 e. The van der Waals surface area contributed by atoms with Crippen LogP contribution >= 0.6 is 0 Å². The quantitative estimate of drug-likeness (QED) is 0.707. The maximum absolute atomic E-state index is 2.69. The predicted octanol–water partition coefficient (Wildman–Crippen LogP) is 2.04. The highest BCUT2D eigenvalue weighted by atomic mass is 15.8. The molecule has 19 heavy (non-hydrogen) atoms. The van der Waals surface area contributed by atoms with Gasteiger partial charge in [0.1, 0.15) is 5.79 Å². The van der Waals surface area contributed by atoms with Gasteiger partial charge in [0.25, 0.3) is 0 Å². The first kappa shape index (κ1) is 15.2. The summed E-state index contributed by atoms with van der Waals surface area (Å²) in [7, 11) is 4.51. The second kappa shape index (κ2) is 6.53. The largest absolute Gasteiger partial charge is 0.278 e. The predicted molar refractivity (Wildman–Crippen MR) is 80.7 cm³/mol. The van der Waals surface area contributed by atoms with Crippen molar-refractivity contribution in [3.8, 4) is 0 Å². The van der Waals surface area contributed by atoms with Crippen LogP contribution in [-0.2, 0) is 0 Å². The minimum atomic E-state index is 0.103. The Morgan fingerprint density at radius 3 is 2.00 bits per heavy atom. The minimum Gasteiger partial charge on any atom is -0.278 e. The number of rotatable bonds is 5. The Morgan fingerprint density at radius 1 is 0.895 bits per heavy atom. The number of hydrogen-bond acceptors (Lipinski definition) is 4. The molecule has 2 rings (SSSR count). The van der Waals surface area contributed by atoms with E-state index in [0.29, 0.717) is 0 Å². The zero-order chi connectivity index (χ0) is 13.9. The standard InChI is InChI=1S/C15H32N4/c1-5-17(6-2)15(16(3)4)11-7-8-14-19(15)18-12-9-10-13-18/h5-14H2,1-4H3. The lowest BCUT2D eigenvalue weighted by molar-refractivity contribution is -0.247. The molecule has 0 spiro atoms. The Morgan fingerprint density at radius 2 is 1.47 bits per heavy atom. The molecule has 0 amide bonds. The summed E-state index contributed by atoms with van der Waals surface area (Å²) in [6.45, 7) is 10.6. The SMILES string of the molecule is CCN(CC)C1(N(C)C)CCCCN1N1CCCC1. The summed E-state index contributed by atoms with van der Waals surface area (Å²) in [6, 6.07) is 0. The molecule has 4 nitrogen and oxygen atoms in total. The fraction of sp³-hybridized carbons (Fsp3) is 1.00. The third kappa shape index (κ3) is 2.68. The molecular weight excluding hydrogens is 236 g/mol. The number of hydrogen-bond donors (Lipinski definition) is 0. The topological polar surface area (TPSA) is 13.0 Å². The van der Waals surface area contributed by atoms with Gasteiger partial charge in [-0.05, 0) is 59.3 Å².